The average molecular weight is 329 g/mol. The van der Waals surface area contributed by atoms with Crippen molar-refractivity contribution in [2.24, 2.45) is 0 Å². The van der Waals surface area contributed by atoms with Crippen LogP contribution in [-0.4, -0.2) is 51.2 Å². The van der Waals surface area contributed by atoms with Crippen LogP contribution in [0, 0.1) is 0 Å². The quantitative estimate of drug-likeness (QED) is 0.916. The number of hydrogen-bond donors (Lipinski definition) is 1. The Labute approximate surface area is 143 Å². The van der Waals surface area contributed by atoms with E-state index in [0.29, 0.717) is 5.56 Å². The lowest BCUT2D eigenvalue weighted by Crippen LogP contribution is -2.44. The average Bonchev–Trinajstić information content (AvgIpc) is 3.00. The van der Waals surface area contributed by atoms with E-state index >= 15 is 0 Å². The number of piperidine rings is 1. The van der Waals surface area contributed by atoms with E-state index in [-0.39, 0.29) is 18.0 Å². The number of nitrogens with one attached hydrogen (secondary N) is 1. The molecule has 1 aliphatic heterocycles. The van der Waals surface area contributed by atoms with Gasteiger partial charge in [-0.25, -0.2) is 9.67 Å². The Morgan fingerprint density at radius 3 is 2.75 bits per heavy atom. The molecule has 3 heterocycles. The summed E-state index contributed by atoms with van der Waals surface area (Å²) in [5, 5.41) is 8.42. The molecule has 0 aliphatic carbocycles. The zero-order valence-electron chi connectivity index (χ0n) is 14.8. The van der Waals surface area contributed by atoms with Gasteiger partial charge in [0.2, 0.25) is 0 Å². The van der Waals surface area contributed by atoms with Gasteiger partial charge >= 0.3 is 0 Å². The molecule has 1 fully saturated rings. The highest BCUT2D eigenvalue weighted by atomic mass is 16.1. The summed E-state index contributed by atoms with van der Waals surface area (Å²) < 4.78 is 1.88. The van der Waals surface area contributed by atoms with Gasteiger partial charge in [-0.05, 0) is 45.7 Å². The predicted molar refractivity (Wildman–Crippen MR) is 95.1 cm³/mol. The van der Waals surface area contributed by atoms with Crippen LogP contribution in [0.1, 0.15) is 56.4 Å². The third-order valence-corrected chi connectivity index (χ3v) is 4.65. The molecule has 0 atom stereocenters. The minimum Gasteiger partial charge on any atom is -0.349 e. The fraction of sp³-hybridized carbons (Fsp3) is 0.611. The Morgan fingerprint density at radius 1 is 1.33 bits per heavy atom. The number of rotatable bonds is 5. The highest BCUT2D eigenvalue weighted by molar-refractivity contribution is 5.97. The molecule has 1 N–H and O–H groups in total. The SMILES string of the molecule is CCCN1CCC(NC(=O)c2cnc3c(cnn3C(C)C)c2)CC1. The maximum atomic E-state index is 12.5. The van der Waals surface area contributed by atoms with Gasteiger partial charge in [-0.3, -0.25) is 4.79 Å². The van der Waals surface area contributed by atoms with Crippen molar-refractivity contribution < 1.29 is 4.79 Å². The maximum Gasteiger partial charge on any atom is 0.253 e. The molecule has 1 saturated heterocycles. The Balaban J connectivity index is 1.64. The third kappa shape index (κ3) is 3.59. The second-order valence-electron chi connectivity index (χ2n) is 6.91. The van der Waals surface area contributed by atoms with Crippen LogP contribution in [0.15, 0.2) is 18.5 Å². The zero-order chi connectivity index (χ0) is 17.1. The number of carbonyl (C=O) groups excluding carboxylic acids is 1. The Morgan fingerprint density at radius 2 is 2.08 bits per heavy atom. The van der Waals surface area contributed by atoms with E-state index in [4.69, 9.17) is 0 Å². The van der Waals surface area contributed by atoms with E-state index in [0.717, 1.165) is 43.5 Å². The molecule has 0 spiro atoms. The standard InChI is InChI=1S/C18H27N5O/c1-4-7-22-8-5-16(6-9-22)21-18(24)15-10-14-12-20-23(13(2)3)17(14)19-11-15/h10-13,16H,4-9H2,1-3H3,(H,21,24). The first-order valence-corrected chi connectivity index (χ1v) is 8.95. The second kappa shape index (κ2) is 7.30. The van der Waals surface area contributed by atoms with Crippen molar-refractivity contribution in [3.8, 4) is 0 Å². The van der Waals surface area contributed by atoms with Gasteiger partial charge in [0, 0.05) is 36.8 Å². The van der Waals surface area contributed by atoms with Crippen LogP contribution >= 0.6 is 0 Å². The lowest BCUT2D eigenvalue weighted by Gasteiger charge is -2.32. The summed E-state index contributed by atoms with van der Waals surface area (Å²) >= 11 is 0. The van der Waals surface area contributed by atoms with Gasteiger partial charge in [-0.1, -0.05) is 6.92 Å². The predicted octanol–water partition coefficient (Wildman–Crippen LogP) is 2.62. The molecule has 0 bridgehead atoms. The van der Waals surface area contributed by atoms with Crippen molar-refractivity contribution in [1.82, 2.24) is 25.0 Å². The normalized spacial score (nSPS) is 16.8. The van der Waals surface area contributed by atoms with Crippen LogP contribution in [0.4, 0.5) is 0 Å². The van der Waals surface area contributed by atoms with E-state index in [2.05, 4.69) is 41.1 Å². The van der Waals surface area contributed by atoms with Gasteiger partial charge in [-0.2, -0.15) is 5.10 Å². The zero-order valence-corrected chi connectivity index (χ0v) is 14.8. The van der Waals surface area contributed by atoms with Gasteiger partial charge in [0.25, 0.3) is 5.91 Å². The molecule has 6 nitrogen and oxygen atoms in total. The van der Waals surface area contributed by atoms with Crippen molar-refractivity contribution in [1.29, 1.82) is 0 Å². The monoisotopic (exact) mass is 329 g/mol. The molecule has 130 valence electrons. The molecule has 1 aliphatic rings. The first-order chi connectivity index (χ1) is 11.6. The summed E-state index contributed by atoms with van der Waals surface area (Å²) in [5.74, 6) is -0.0318. The molecular formula is C18H27N5O. The lowest BCUT2D eigenvalue weighted by atomic mass is 10.0. The van der Waals surface area contributed by atoms with E-state index in [9.17, 15) is 4.79 Å². The smallest absolute Gasteiger partial charge is 0.253 e. The topological polar surface area (TPSA) is 63.1 Å². The van der Waals surface area contributed by atoms with Crippen molar-refractivity contribution in [3.05, 3.63) is 24.0 Å². The summed E-state index contributed by atoms with van der Waals surface area (Å²) in [6.07, 6.45) is 6.67. The fourth-order valence-corrected chi connectivity index (χ4v) is 3.33. The van der Waals surface area contributed by atoms with Crippen LogP contribution in [-0.2, 0) is 0 Å². The Kier molecular flexibility index (Phi) is 5.14. The molecule has 0 saturated carbocycles. The molecule has 0 unspecified atom stereocenters. The van der Waals surface area contributed by atoms with Crippen LogP contribution < -0.4 is 5.32 Å². The van der Waals surface area contributed by atoms with Crippen molar-refractivity contribution in [3.63, 3.8) is 0 Å². The van der Waals surface area contributed by atoms with E-state index in [1.54, 1.807) is 12.4 Å². The Hall–Kier alpha value is -1.95. The Bertz CT molecular complexity index is 700. The maximum absolute atomic E-state index is 12.5. The number of amides is 1. The summed E-state index contributed by atoms with van der Waals surface area (Å²) in [6, 6.07) is 2.40. The third-order valence-electron chi connectivity index (χ3n) is 4.65. The van der Waals surface area contributed by atoms with Crippen molar-refractivity contribution >= 4 is 16.9 Å². The summed E-state index contributed by atoms with van der Waals surface area (Å²) in [5.41, 5.74) is 1.44. The first-order valence-electron chi connectivity index (χ1n) is 8.95. The highest BCUT2D eigenvalue weighted by Gasteiger charge is 2.21. The van der Waals surface area contributed by atoms with Crippen molar-refractivity contribution in [2.75, 3.05) is 19.6 Å². The molecule has 3 rings (SSSR count). The minimum atomic E-state index is -0.0318. The molecule has 2 aromatic rings. The van der Waals surface area contributed by atoms with Crippen molar-refractivity contribution in [2.45, 2.75) is 52.1 Å². The number of aromatic nitrogens is 3. The fourth-order valence-electron chi connectivity index (χ4n) is 3.33. The van der Waals surface area contributed by atoms with Gasteiger partial charge in [0.05, 0.1) is 11.8 Å². The number of hydrogen-bond acceptors (Lipinski definition) is 4. The summed E-state index contributed by atoms with van der Waals surface area (Å²) in [6.45, 7) is 9.63. The largest absolute Gasteiger partial charge is 0.349 e. The molecule has 24 heavy (non-hydrogen) atoms. The van der Waals surface area contributed by atoms with Gasteiger partial charge in [-0.15, -0.1) is 0 Å². The van der Waals surface area contributed by atoms with Crippen LogP contribution in [0.2, 0.25) is 0 Å². The lowest BCUT2D eigenvalue weighted by molar-refractivity contribution is 0.0911. The first kappa shape index (κ1) is 16.9. The second-order valence-corrected chi connectivity index (χ2v) is 6.91. The summed E-state index contributed by atoms with van der Waals surface area (Å²) in [4.78, 5) is 19.4. The number of pyridine rings is 1. The molecule has 2 aromatic heterocycles. The summed E-state index contributed by atoms with van der Waals surface area (Å²) in [7, 11) is 0. The minimum absolute atomic E-state index is 0.0318. The highest BCUT2D eigenvalue weighted by Crippen LogP contribution is 2.17. The molecule has 0 radical (unpaired) electrons. The van der Waals surface area contributed by atoms with Gasteiger partial charge < -0.3 is 10.2 Å². The van der Waals surface area contributed by atoms with Gasteiger partial charge in [0.15, 0.2) is 5.65 Å². The number of likely N-dealkylation sites (tertiary alicyclic amines) is 1. The van der Waals surface area contributed by atoms with E-state index < -0.39 is 0 Å². The number of fused-ring (bicyclic) bond motifs is 1. The number of nitrogens with zero attached hydrogens (tertiary/aromatic N) is 4. The molecule has 6 heteroatoms. The van der Waals surface area contributed by atoms with Crippen LogP contribution in [0.25, 0.3) is 11.0 Å². The van der Waals surface area contributed by atoms with E-state index in [1.807, 2.05) is 10.7 Å². The van der Waals surface area contributed by atoms with Crippen LogP contribution in [0.3, 0.4) is 0 Å². The molecular weight excluding hydrogens is 302 g/mol. The molecule has 1 amide bonds. The van der Waals surface area contributed by atoms with E-state index in [1.165, 1.54) is 6.42 Å². The van der Waals surface area contributed by atoms with Crippen LogP contribution in [0.5, 0.6) is 0 Å². The number of carbonyl (C=O) groups is 1. The van der Waals surface area contributed by atoms with Gasteiger partial charge in [0.1, 0.15) is 0 Å². The molecule has 0 aromatic carbocycles.